The van der Waals surface area contributed by atoms with Crippen LogP contribution in [0.25, 0.3) is 11.7 Å². The molecule has 106 valence electrons. The van der Waals surface area contributed by atoms with Crippen LogP contribution in [0.2, 0.25) is 0 Å². The van der Waals surface area contributed by atoms with Gasteiger partial charge in [-0.15, -0.1) is 10.2 Å². The van der Waals surface area contributed by atoms with E-state index in [9.17, 15) is 4.79 Å². The van der Waals surface area contributed by atoms with E-state index in [0.717, 1.165) is 32.2 Å². The summed E-state index contributed by atoms with van der Waals surface area (Å²) in [5.74, 6) is 1.57. The molecule has 0 aliphatic carbocycles. The molecule has 1 unspecified atom stereocenters. The molecular formula is C13H14BrN3O3. The predicted molar refractivity (Wildman–Crippen MR) is 73.8 cm³/mol. The van der Waals surface area contributed by atoms with Gasteiger partial charge in [0.15, 0.2) is 10.4 Å². The predicted octanol–water partition coefficient (Wildman–Crippen LogP) is 2.50. The lowest BCUT2D eigenvalue weighted by molar-refractivity contribution is -0.112. The molecule has 6 nitrogen and oxygen atoms in total. The van der Waals surface area contributed by atoms with Crippen LogP contribution >= 0.6 is 15.9 Å². The minimum absolute atomic E-state index is 0.118. The van der Waals surface area contributed by atoms with Gasteiger partial charge in [-0.05, 0) is 47.4 Å². The molecule has 3 rings (SSSR count). The standard InChI is InChI=1S/C13H14BrN3O3/c14-11-4-3-10(19-11)13-16-15-12(20-13)7-17-5-1-2-9(6-17)8-18/h3-4,8-9H,1-2,5-7H2. The maximum atomic E-state index is 10.9. The highest BCUT2D eigenvalue weighted by Crippen LogP contribution is 2.24. The van der Waals surface area contributed by atoms with E-state index < -0.39 is 0 Å². The largest absolute Gasteiger partial charge is 0.444 e. The van der Waals surface area contributed by atoms with Gasteiger partial charge in [0.25, 0.3) is 5.89 Å². The maximum Gasteiger partial charge on any atom is 0.283 e. The molecule has 2 aromatic heterocycles. The van der Waals surface area contributed by atoms with Gasteiger partial charge in [-0.25, -0.2) is 0 Å². The molecule has 1 atom stereocenters. The van der Waals surface area contributed by atoms with E-state index in [0.29, 0.717) is 28.8 Å². The third-order valence-corrected chi connectivity index (χ3v) is 3.77. The third-order valence-electron chi connectivity index (χ3n) is 3.34. The summed E-state index contributed by atoms with van der Waals surface area (Å²) in [6.45, 7) is 2.28. The van der Waals surface area contributed by atoms with Gasteiger partial charge in [-0.1, -0.05) is 0 Å². The van der Waals surface area contributed by atoms with Crippen LogP contribution in [0.1, 0.15) is 18.7 Å². The number of aromatic nitrogens is 2. The highest BCUT2D eigenvalue weighted by atomic mass is 79.9. The van der Waals surface area contributed by atoms with Crippen molar-refractivity contribution in [3.05, 3.63) is 22.7 Å². The summed E-state index contributed by atoms with van der Waals surface area (Å²) in [5, 5.41) is 8.00. The quantitative estimate of drug-likeness (QED) is 0.797. The number of halogens is 1. The monoisotopic (exact) mass is 339 g/mol. The zero-order valence-corrected chi connectivity index (χ0v) is 12.4. The summed E-state index contributed by atoms with van der Waals surface area (Å²) >= 11 is 3.23. The molecule has 1 aliphatic rings. The molecule has 1 saturated heterocycles. The zero-order valence-electron chi connectivity index (χ0n) is 10.8. The van der Waals surface area contributed by atoms with Crippen molar-refractivity contribution in [2.45, 2.75) is 19.4 Å². The SMILES string of the molecule is O=CC1CCCN(Cc2nnc(-c3ccc(Br)o3)o2)C1. The first-order valence-corrected chi connectivity index (χ1v) is 7.29. The average Bonchev–Trinajstić information content (AvgIpc) is 3.08. The number of likely N-dealkylation sites (tertiary alicyclic amines) is 1. The molecule has 0 aromatic carbocycles. The number of carbonyl (C=O) groups is 1. The van der Waals surface area contributed by atoms with Crippen molar-refractivity contribution in [3.63, 3.8) is 0 Å². The fraction of sp³-hybridized carbons (Fsp3) is 0.462. The topological polar surface area (TPSA) is 72.4 Å². The van der Waals surface area contributed by atoms with Crippen LogP contribution in [0.4, 0.5) is 0 Å². The summed E-state index contributed by atoms with van der Waals surface area (Å²) < 4.78 is 11.6. The molecule has 1 aliphatic heterocycles. The molecule has 0 radical (unpaired) electrons. The van der Waals surface area contributed by atoms with Gasteiger partial charge < -0.3 is 13.6 Å². The second-order valence-corrected chi connectivity index (χ2v) is 5.66. The number of piperidine rings is 1. The molecule has 20 heavy (non-hydrogen) atoms. The molecule has 3 heterocycles. The van der Waals surface area contributed by atoms with Gasteiger partial charge in [-0.3, -0.25) is 4.90 Å². The Labute approximate surface area is 124 Å². The van der Waals surface area contributed by atoms with Gasteiger partial charge in [0.05, 0.1) is 6.54 Å². The first-order valence-electron chi connectivity index (χ1n) is 6.50. The van der Waals surface area contributed by atoms with Crippen LogP contribution in [0.15, 0.2) is 25.6 Å². The number of nitrogens with zero attached hydrogens (tertiary/aromatic N) is 3. The van der Waals surface area contributed by atoms with Crippen LogP contribution in [-0.2, 0) is 11.3 Å². The molecule has 2 aromatic rings. The fourth-order valence-electron chi connectivity index (χ4n) is 2.38. The minimum Gasteiger partial charge on any atom is -0.444 e. The van der Waals surface area contributed by atoms with Crippen LogP contribution in [0.5, 0.6) is 0 Å². The Morgan fingerprint density at radius 3 is 3.05 bits per heavy atom. The number of furan rings is 1. The van der Waals surface area contributed by atoms with Crippen molar-refractivity contribution in [2.75, 3.05) is 13.1 Å². The Hall–Kier alpha value is -1.47. The normalized spacial score (nSPS) is 20.1. The third kappa shape index (κ3) is 2.99. The van der Waals surface area contributed by atoms with Crippen molar-refractivity contribution < 1.29 is 13.6 Å². The Bertz CT molecular complexity index is 595. The van der Waals surface area contributed by atoms with Crippen molar-refractivity contribution in [1.29, 1.82) is 0 Å². The van der Waals surface area contributed by atoms with Gasteiger partial charge in [-0.2, -0.15) is 0 Å². The molecular weight excluding hydrogens is 326 g/mol. The van der Waals surface area contributed by atoms with Crippen molar-refractivity contribution in [1.82, 2.24) is 15.1 Å². The average molecular weight is 340 g/mol. The number of hydrogen-bond acceptors (Lipinski definition) is 6. The number of rotatable bonds is 4. The van der Waals surface area contributed by atoms with Gasteiger partial charge in [0, 0.05) is 12.5 Å². The van der Waals surface area contributed by atoms with E-state index in [1.165, 1.54) is 0 Å². The van der Waals surface area contributed by atoms with Gasteiger partial charge in [0.2, 0.25) is 5.89 Å². The second kappa shape index (κ2) is 5.88. The van der Waals surface area contributed by atoms with E-state index in [1.807, 2.05) is 0 Å². The lowest BCUT2D eigenvalue weighted by atomic mass is 10.00. The summed E-state index contributed by atoms with van der Waals surface area (Å²) in [5.41, 5.74) is 0. The Morgan fingerprint density at radius 2 is 2.30 bits per heavy atom. The second-order valence-electron chi connectivity index (χ2n) is 4.88. The van der Waals surface area contributed by atoms with Crippen LogP contribution in [-0.4, -0.2) is 34.5 Å². The molecule has 0 bridgehead atoms. The van der Waals surface area contributed by atoms with E-state index >= 15 is 0 Å². The first-order chi connectivity index (χ1) is 9.74. The van der Waals surface area contributed by atoms with Crippen molar-refractivity contribution >= 4 is 22.2 Å². The molecule has 0 N–H and O–H groups in total. The number of hydrogen-bond donors (Lipinski definition) is 0. The summed E-state index contributed by atoms with van der Waals surface area (Å²) in [4.78, 5) is 13.0. The molecule has 1 fully saturated rings. The summed E-state index contributed by atoms with van der Waals surface area (Å²) in [6, 6.07) is 3.54. The van der Waals surface area contributed by atoms with Crippen molar-refractivity contribution in [2.24, 2.45) is 5.92 Å². The van der Waals surface area contributed by atoms with E-state index in [2.05, 4.69) is 31.0 Å². The zero-order chi connectivity index (χ0) is 13.9. The minimum atomic E-state index is 0.118. The lowest BCUT2D eigenvalue weighted by Crippen LogP contribution is -2.35. The van der Waals surface area contributed by atoms with E-state index in [4.69, 9.17) is 8.83 Å². The summed E-state index contributed by atoms with van der Waals surface area (Å²) in [6.07, 6.45) is 3.02. The number of aldehydes is 1. The smallest absolute Gasteiger partial charge is 0.283 e. The van der Waals surface area contributed by atoms with E-state index in [-0.39, 0.29) is 5.92 Å². The van der Waals surface area contributed by atoms with Crippen LogP contribution in [0, 0.1) is 5.92 Å². The first kappa shape index (κ1) is 13.5. The highest BCUT2D eigenvalue weighted by molar-refractivity contribution is 9.10. The Kier molecular flexibility index (Phi) is 3.98. The Balaban J connectivity index is 1.66. The fourth-order valence-corrected chi connectivity index (χ4v) is 2.69. The van der Waals surface area contributed by atoms with Crippen molar-refractivity contribution in [3.8, 4) is 11.7 Å². The van der Waals surface area contributed by atoms with Crippen LogP contribution in [0.3, 0.4) is 0 Å². The van der Waals surface area contributed by atoms with E-state index in [1.54, 1.807) is 12.1 Å². The Morgan fingerprint density at radius 1 is 1.40 bits per heavy atom. The molecule has 0 saturated carbocycles. The summed E-state index contributed by atoms with van der Waals surface area (Å²) in [7, 11) is 0. The molecule has 0 spiro atoms. The highest BCUT2D eigenvalue weighted by Gasteiger charge is 2.21. The molecule has 7 heteroatoms. The van der Waals surface area contributed by atoms with Gasteiger partial charge >= 0.3 is 0 Å². The number of carbonyl (C=O) groups excluding carboxylic acids is 1. The maximum absolute atomic E-state index is 10.9. The lowest BCUT2D eigenvalue weighted by Gasteiger charge is -2.28. The van der Waals surface area contributed by atoms with Gasteiger partial charge in [0.1, 0.15) is 6.29 Å². The molecule has 0 amide bonds. The van der Waals surface area contributed by atoms with Crippen LogP contribution < -0.4 is 0 Å².